The van der Waals surface area contributed by atoms with Crippen LogP contribution in [0.2, 0.25) is 0 Å². The van der Waals surface area contributed by atoms with Crippen LogP contribution in [0.1, 0.15) is 5.56 Å². The monoisotopic (exact) mass is 234 g/mol. The van der Waals surface area contributed by atoms with Gasteiger partial charge in [-0.25, -0.2) is 0 Å². The zero-order valence-electron chi connectivity index (χ0n) is 8.80. The van der Waals surface area contributed by atoms with Crippen molar-refractivity contribution in [2.45, 2.75) is 6.92 Å². The highest BCUT2D eigenvalue weighted by molar-refractivity contribution is 7.81. The van der Waals surface area contributed by atoms with Crippen LogP contribution in [0.15, 0.2) is 24.3 Å². The largest absolute Gasteiger partial charge is 0.508 e. The Morgan fingerprint density at radius 3 is 1.80 bits per heavy atom. The molecule has 0 aliphatic carbocycles. The van der Waals surface area contributed by atoms with Crippen LogP contribution < -0.4 is 0 Å². The van der Waals surface area contributed by atoms with Crippen molar-refractivity contribution in [2.24, 2.45) is 0 Å². The van der Waals surface area contributed by atoms with Crippen molar-refractivity contribution < 1.29 is 21.9 Å². The molecule has 0 aromatic heterocycles. The van der Waals surface area contributed by atoms with Gasteiger partial charge in [0.05, 0.1) is 14.2 Å². The number of aromatic hydroxyl groups is 1. The van der Waals surface area contributed by atoms with Gasteiger partial charge in [-0.1, -0.05) is 18.2 Å². The molecule has 0 unspecified atom stereocenters. The molecule has 5 nitrogen and oxygen atoms in total. The number of phenolic OH excluding ortho intramolecular Hbond substituents is 1. The molecule has 0 heterocycles. The third kappa shape index (κ3) is 6.05. The second-order valence-electron chi connectivity index (χ2n) is 2.53. The van der Waals surface area contributed by atoms with Gasteiger partial charge in [0.1, 0.15) is 5.75 Å². The summed E-state index contributed by atoms with van der Waals surface area (Å²) in [5.74, 6) is 0.368. The van der Waals surface area contributed by atoms with E-state index >= 15 is 0 Å². The van der Waals surface area contributed by atoms with Crippen LogP contribution in [0.25, 0.3) is 0 Å². The second-order valence-corrected chi connectivity index (χ2v) is 4.01. The summed E-state index contributed by atoms with van der Waals surface area (Å²) in [5.41, 5.74) is 0.924. The van der Waals surface area contributed by atoms with E-state index < -0.39 is 10.4 Å². The molecule has 1 aromatic rings. The molecule has 0 spiro atoms. The van der Waals surface area contributed by atoms with Crippen molar-refractivity contribution in [3.05, 3.63) is 29.8 Å². The number of hydrogen-bond acceptors (Lipinski definition) is 5. The van der Waals surface area contributed by atoms with E-state index in [0.717, 1.165) is 19.8 Å². The average Bonchev–Trinajstić information content (AvgIpc) is 2.23. The van der Waals surface area contributed by atoms with Gasteiger partial charge >= 0.3 is 10.4 Å². The first kappa shape index (κ1) is 13.9. The highest BCUT2D eigenvalue weighted by Gasteiger charge is 2.01. The molecule has 86 valence electrons. The zero-order valence-corrected chi connectivity index (χ0v) is 9.61. The van der Waals surface area contributed by atoms with E-state index in [1.54, 1.807) is 6.07 Å². The Morgan fingerprint density at radius 2 is 1.60 bits per heavy atom. The minimum absolute atomic E-state index is 0.368. The minimum atomic E-state index is -3.66. The predicted octanol–water partition coefficient (Wildman–Crippen LogP) is 1.22. The molecule has 0 aliphatic heterocycles. The minimum Gasteiger partial charge on any atom is -0.508 e. The van der Waals surface area contributed by atoms with E-state index in [9.17, 15) is 8.42 Å². The zero-order chi connectivity index (χ0) is 11.9. The standard InChI is InChI=1S/C7H8O.C2H6O4S/c1-6-4-2-3-5-7(6)8;1-5-7(3,4)6-2/h2-5,8H,1H3;1-2H3. The molecule has 0 saturated heterocycles. The molecule has 1 aromatic carbocycles. The van der Waals surface area contributed by atoms with Gasteiger partial charge < -0.3 is 5.11 Å². The third-order valence-electron chi connectivity index (χ3n) is 1.52. The summed E-state index contributed by atoms with van der Waals surface area (Å²) in [5, 5.41) is 8.92. The van der Waals surface area contributed by atoms with Crippen LogP contribution >= 0.6 is 0 Å². The van der Waals surface area contributed by atoms with Gasteiger partial charge in [0.25, 0.3) is 0 Å². The topological polar surface area (TPSA) is 72.8 Å². The van der Waals surface area contributed by atoms with Crippen LogP contribution in [0.4, 0.5) is 0 Å². The Bertz CT molecular complexity index is 354. The maximum atomic E-state index is 9.92. The van der Waals surface area contributed by atoms with E-state index in [4.69, 9.17) is 5.11 Å². The Hall–Kier alpha value is -1.11. The molecule has 0 atom stereocenters. The maximum Gasteiger partial charge on any atom is 0.399 e. The number of hydrogen-bond donors (Lipinski definition) is 1. The van der Waals surface area contributed by atoms with Crippen LogP contribution in [0.3, 0.4) is 0 Å². The molecule has 1 rings (SSSR count). The van der Waals surface area contributed by atoms with Crippen LogP contribution in [0.5, 0.6) is 5.75 Å². The first-order valence-electron chi connectivity index (χ1n) is 4.03. The first-order valence-corrected chi connectivity index (χ1v) is 5.37. The summed E-state index contributed by atoms with van der Waals surface area (Å²) in [7, 11) is -1.60. The summed E-state index contributed by atoms with van der Waals surface area (Å²) in [4.78, 5) is 0. The lowest BCUT2D eigenvalue weighted by Crippen LogP contribution is -2.02. The molecule has 0 fully saturated rings. The number of rotatable bonds is 2. The Morgan fingerprint density at radius 1 is 1.13 bits per heavy atom. The van der Waals surface area contributed by atoms with Crippen molar-refractivity contribution in [1.82, 2.24) is 0 Å². The Kier molecular flexibility index (Phi) is 5.92. The fourth-order valence-corrected chi connectivity index (χ4v) is 0.768. The average molecular weight is 234 g/mol. The summed E-state index contributed by atoms with van der Waals surface area (Å²) in [6, 6.07) is 7.25. The van der Waals surface area contributed by atoms with Gasteiger partial charge in [0.2, 0.25) is 0 Å². The number of phenols is 1. The molecule has 0 bridgehead atoms. The maximum absolute atomic E-state index is 9.92. The van der Waals surface area contributed by atoms with Crippen molar-refractivity contribution in [3.63, 3.8) is 0 Å². The van der Waals surface area contributed by atoms with Crippen LogP contribution in [-0.4, -0.2) is 27.7 Å². The highest BCUT2D eigenvalue weighted by atomic mass is 32.3. The molecule has 1 N–H and O–H groups in total. The Labute approximate surface area is 89.6 Å². The molecule has 0 saturated carbocycles. The van der Waals surface area contributed by atoms with Gasteiger partial charge in [0.15, 0.2) is 0 Å². The van der Waals surface area contributed by atoms with Crippen LogP contribution in [-0.2, 0) is 18.8 Å². The summed E-state index contributed by atoms with van der Waals surface area (Å²) >= 11 is 0. The molecular weight excluding hydrogens is 220 g/mol. The van der Waals surface area contributed by atoms with Crippen molar-refractivity contribution in [2.75, 3.05) is 14.2 Å². The summed E-state index contributed by atoms with van der Waals surface area (Å²) in [6.45, 7) is 1.87. The highest BCUT2D eigenvalue weighted by Crippen LogP contribution is 2.12. The van der Waals surface area contributed by atoms with Gasteiger partial charge in [-0.2, -0.15) is 8.42 Å². The molecule has 0 aliphatic rings. The quantitative estimate of drug-likeness (QED) is 0.833. The third-order valence-corrected chi connectivity index (χ3v) is 2.34. The number of aryl methyl sites for hydroxylation is 1. The smallest absolute Gasteiger partial charge is 0.399 e. The van der Waals surface area contributed by atoms with Gasteiger partial charge in [-0.3, -0.25) is 8.37 Å². The summed E-state index contributed by atoms with van der Waals surface area (Å²) in [6.07, 6.45) is 0. The number of para-hydroxylation sites is 1. The van der Waals surface area contributed by atoms with E-state index in [1.807, 2.05) is 25.1 Å². The summed E-state index contributed by atoms with van der Waals surface area (Å²) < 4.78 is 27.5. The van der Waals surface area contributed by atoms with E-state index in [2.05, 4.69) is 8.37 Å². The molecule has 6 heteroatoms. The molecule has 15 heavy (non-hydrogen) atoms. The van der Waals surface area contributed by atoms with E-state index in [1.165, 1.54) is 0 Å². The van der Waals surface area contributed by atoms with Gasteiger partial charge in [-0.15, -0.1) is 0 Å². The molecule has 0 radical (unpaired) electrons. The fraction of sp³-hybridized carbons (Fsp3) is 0.333. The van der Waals surface area contributed by atoms with Crippen LogP contribution in [0, 0.1) is 6.92 Å². The van der Waals surface area contributed by atoms with Crippen molar-refractivity contribution >= 4 is 10.4 Å². The second kappa shape index (κ2) is 6.39. The van der Waals surface area contributed by atoms with Gasteiger partial charge in [-0.05, 0) is 18.6 Å². The fourth-order valence-electron chi connectivity index (χ4n) is 0.631. The SMILES string of the molecule is COS(=O)(=O)OC.Cc1ccccc1O. The molecule has 0 amide bonds. The lowest BCUT2D eigenvalue weighted by Gasteiger charge is -1.92. The lowest BCUT2D eigenvalue weighted by atomic mass is 10.2. The molecular formula is C9H14O5S. The Balaban J connectivity index is 0.000000265. The van der Waals surface area contributed by atoms with Crippen molar-refractivity contribution in [1.29, 1.82) is 0 Å². The first-order chi connectivity index (χ1) is 6.93. The number of benzene rings is 1. The lowest BCUT2D eigenvalue weighted by molar-refractivity contribution is 0.286. The van der Waals surface area contributed by atoms with Crippen molar-refractivity contribution in [3.8, 4) is 5.75 Å². The van der Waals surface area contributed by atoms with Gasteiger partial charge in [0, 0.05) is 0 Å². The normalized spacial score (nSPS) is 10.3. The predicted molar refractivity (Wildman–Crippen MR) is 55.8 cm³/mol. The van der Waals surface area contributed by atoms with E-state index in [0.29, 0.717) is 5.75 Å². The van der Waals surface area contributed by atoms with E-state index in [-0.39, 0.29) is 0 Å².